The quantitative estimate of drug-likeness (QED) is 0.761. The number of carbonyl (C=O) groups excluding carboxylic acids is 2. The first kappa shape index (κ1) is 21.8. The van der Waals surface area contributed by atoms with Crippen molar-refractivity contribution < 1.29 is 19.1 Å². The van der Waals surface area contributed by atoms with Gasteiger partial charge >= 0.3 is 12.1 Å². The lowest BCUT2D eigenvalue weighted by atomic mass is 10.3. The maximum Gasteiger partial charge on any atom is 0.419 e. The number of esters is 1. The maximum absolute atomic E-state index is 11.6. The molecule has 0 atom stereocenters. The van der Waals surface area contributed by atoms with Crippen LogP contribution < -0.4 is 0 Å². The maximum atomic E-state index is 11.6. The van der Waals surface area contributed by atoms with E-state index in [-0.39, 0.29) is 19.0 Å². The van der Waals surface area contributed by atoms with Crippen LogP contribution in [0.15, 0.2) is 24.1 Å². The highest BCUT2D eigenvalue weighted by Gasteiger charge is 2.10. The van der Waals surface area contributed by atoms with Gasteiger partial charge in [0.1, 0.15) is 17.9 Å². The summed E-state index contributed by atoms with van der Waals surface area (Å²) in [5.41, 5.74) is 0.613. The van der Waals surface area contributed by atoms with Crippen molar-refractivity contribution in [2.75, 3.05) is 6.61 Å². The van der Waals surface area contributed by atoms with Gasteiger partial charge in [0.15, 0.2) is 0 Å². The molecule has 0 aliphatic heterocycles. The molecule has 8 heteroatoms. The summed E-state index contributed by atoms with van der Waals surface area (Å²) in [6.07, 6.45) is 3.94. The first-order valence-electron chi connectivity index (χ1n) is 7.93. The van der Waals surface area contributed by atoms with Gasteiger partial charge < -0.3 is 9.47 Å². The third-order valence-electron chi connectivity index (χ3n) is 2.26. The van der Waals surface area contributed by atoms with Crippen LogP contribution in [0.2, 0.25) is 0 Å². The van der Waals surface area contributed by atoms with Crippen LogP contribution in [0.25, 0.3) is 0 Å². The fraction of sp³-hybridized carbons (Fsp3) is 0.500. The van der Waals surface area contributed by atoms with E-state index in [1.54, 1.807) is 12.3 Å². The lowest BCUT2D eigenvalue weighted by Crippen LogP contribution is -2.11. The molecule has 0 aliphatic rings. The Hall–Kier alpha value is -2.22. The molecule has 0 amide bonds. The van der Waals surface area contributed by atoms with Crippen molar-refractivity contribution in [3.63, 3.8) is 0 Å². The van der Waals surface area contributed by atoms with Gasteiger partial charge in [-0.05, 0) is 6.92 Å². The zero-order chi connectivity index (χ0) is 18.4. The van der Waals surface area contributed by atoms with E-state index < -0.39 is 6.09 Å². The van der Waals surface area contributed by atoms with Crippen molar-refractivity contribution in [1.29, 1.82) is 0 Å². The van der Waals surface area contributed by atoms with Crippen LogP contribution in [0, 0.1) is 0 Å². The van der Waals surface area contributed by atoms with E-state index in [4.69, 9.17) is 9.47 Å². The minimum absolute atomic E-state index is 0.0600. The first-order valence-corrected chi connectivity index (χ1v) is 8.81. The summed E-state index contributed by atoms with van der Waals surface area (Å²) in [4.78, 5) is 30.8. The predicted octanol–water partition coefficient (Wildman–Crippen LogP) is 3.68. The van der Waals surface area contributed by atoms with Crippen LogP contribution in [0.3, 0.4) is 0 Å². The number of thiazole rings is 1. The van der Waals surface area contributed by atoms with Gasteiger partial charge in [0.25, 0.3) is 0 Å². The zero-order valence-corrected chi connectivity index (χ0v) is 15.6. The van der Waals surface area contributed by atoms with Gasteiger partial charge in [-0.15, -0.1) is 11.3 Å². The molecule has 0 unspecified atom stereocenters. The van der Waals surface area contributed by atoms with Crippen LogP contribution in [-0.4, -0.2) is 33.2 Å². The van der Waals surface area contributed by atoms with Crippen LogP contribution in [0.1, 0.15) is 45.3 Å². The average molecular weight is 355 g/mol. The number of hydrogen-bond donors (Lipinski definition) is 0. The second-order valence-corrected chi connectivity index (χ2v) is 4.68. The summed E-state index contributed by atoms with van der Waals surface area (Å²) < 4.78 is 11.1. The van der Waals surface area contributed by atoms with Gasteiger partial charge in [0.2, 0.25) is 0 Å². The van der Waals surface area contributed by atoms with E-state index in [1.165, 1.54) is 34.6 Å². The normalized spacial score (nSPS) is 9.04. The molecule has 0 N–H and O–H groups in total. The standard InChI is InChI=1S/C12H13N3O4S.2C2H6/c1-2-18-11(16)5-9-7-20-10(14-9)6-19-12(17)15-4-3-13-8-15;2*1-2/h3-4,7-8H,2,5-6H2,1H3;2*1-2H3. The summed E-state index contributed by atoms with van der Waals surface area (Å²) in [6, 6.07) is 0. The average Bonchev–Trinajstić information content (AvgIpc) is 3.28. The Bertz CT molecular complexity index is 582. The van der Waals surface area contributed by atoms with Gasteiger partial charge in [-0.3, -0.25) is 4.79 Å². The Labute approximate surface area is 146 Å². The molecule has 2 heterocycles. The fourth-order valence-corrected chi connectivity index (χ4v) is 2.13. The molecule has 0 aliphatic carbocycles. The van der Waals surface area contributed by atoms with Crippen molar-refractivity contribution in [1.82, 2.24) is 14.5 Å². The summed E-state index contributed by atoms with van der Waals surface area (Å²) in [6.45, 7) is 10.2. The van der Waals surface area contributed by atoms with Crippen molar-refractivity contribution in [2.45, 2.75) is 47.6 Å². The molecule has 0 aromatic carbocycles. The lowest BCUT2D eigenvalue weighted by molar-refractivity contribution is -0.142. The Morgan fingerprint density at radius 2 is 1.92 bits per heavy atom. The van der Waals surface area contributed by atoms with Crippen LogP contribution in [0.5, 0.6) is 0 Å². The third-order valence-corrected chi connectivity index (χ3v) is 3.14. The predicted molar refractivity (Wildman–Crippen MR) is 93.0 cm³/mol. The first-order chi connectivity index (χ1) is 11.7. The highest BCUT2D eigenvalue weighted by molar-refractivity contribution is 7.09. The molecule has 2 rings (SSSR count). The van der Waals surface area contributed by atoms with E-state index in [0.29, 0.717) is 17.3 Å². The molecular weight excluding hydrogens is 330 g/mol. The molecule has 0 spiro atoms. The van der Waals surface area contributed by atoms with E-state index in [1.807, 2.05) is 27.7 Å². The summed E-state index contributed by atoms with van der Waals surface area (Å²) in [7, 11) is 0. The number of rotatable bonds is 5. The van der Waals surface area contributed by atoms with Crippen LogP contribution >= 0.6 is 11.3 Å². The van der Waals surface area contributed by atoms with Gasteiger partial charge in [0.05, 0.1) is 18.7 Å². The van der Waals surface area contributed by atoms with Crippen molar-refractivity contribution in [3.05, 3.63) is 34.8 Å². The highest BCUT2D eigenvalue weighted by Crippen LogP contribution is 2.12. The molecule has 2 aromatic heterocycles. The van der Waals surface area contributed by atoms with E-state index in [9.17, 15) is 9.59 Å². The van der Waals surface area contributed by atoms with Crippen LogP contribution in [-0.2, 0) is 27.3 Å². The number of carbonyl (C=O) groups is 2. The number of aromatic nitrogens is 3. The third kappa shape index (κ3) is 7.87. The van der Waals surface area contributed by atoms with Gasteiger partial charge in [-0.2, -0.15) is 0 Å². The summed E-state index contributed by atoms with van der Waals surface area (Å²) >= 11 is 1.33. The number of imidazole rings is 1. The number of ether oxygens (including phenoxy) is 2. The summed E-state index contributed by atoms with van der Waals surface area (Å²) in [5, 5.41) is 2.37. The molecule has 0 bridgehead atoms. The Morgan fingerprint density at radius 3 is 2.50 bits per heavy atom. The van der Waals surface area contributed by atoms with Gasteiger partial charge in [0, 0.05) is 17.8 Å². The monoisotopic (exact) mass is 355 g/mol. The SMILES string of the molecule is CC.CC.CCOC(=O)Cc1csc(COC(=O)n2ccnc2)n1. The molecule has 134 valence electrons. The Morgan fingerprint density at radius 1 is 1.21 bits per heavy atom. The molecule has 2 aromatic rings. The smallest absolute Gasteiger partial charge is 0.419 e. The van der Waals surface area contributed by atoms with Gasteiger partial charge in [-0.1, -0.05) is 27.7 Å². The van der Waals surface area contributed by atoms with E-state index in [2.05, 4.69) is 9.97 Å². The molecular formula is C16H25N3O4S. The van der Waals surface area contributed by atoms with Crippen molar-refractivity contribution in [3.8, 4) is 0 Å². The largest absolute Gasteiger partial charge is 0.466 e. The molecule has 0 saturated carbocycles. The summed E-state index contributed by atoms with van der Waals surface area (Å²) in [5.74, 6) is -0.320. The molecule has 24 heavy (non-hydrogen) atoms. The second kappa shape index (κ2) is 13.2. The second-order valence-electron chi connectivity index (χ2n) is 3.74. The molecule has 0 saturated heterocycles. The Balaban J connectivity index is 0.00000123. The van der Waals surface area contributed by atoms with Crippen molar-refractivity contribution in [2.24, 2.45) is 0 Å². The lowest BCUT2D eigenvalue weighted by Gasteiger charge is -2.01. The molecule has 0 radical (unpaired) electrons. The van der Waals surface area contributed by atoms with Gasteiger partial charge in [-0.25, -0.2) is 19.3 Å². The van der Waals surface area contributed by atoms with Crippen molar-refractivity contribution >= 4 is 23.4 Å². The molecule has 0 fully saturated rings. The minimum atomic E-state index is -0.523. The van der Waals surface area contributed by atoms with E-state index in [0.717, 1.165) is 0 Å². The Kier molecular flexibility index (Phi) is 12.0. The zero-order valence-electron chi connectivity index (χ0n) is 14.8. The number of hydrogen-bond acceptors (Lipinski definition) is 7. The highest BCUT2D eigenvalue weighted by atomic mass is 32.1. The van der Waals surface area contributed by atoms with Crippen LogP contribution in [0.4, 0.5) is 4.79 Å². The number of nitrogens with zero attached hydrogens (tertiary/aromatic N) is 3. The topological polar surface area (TPSA) is 83.3 Å². The minimum Gasteiger partial charge on any atom is -0.466 e. The molecule has 7 nitrogen and oxygen atoms in total. The fourth-order valence-electron chi connectivity index (χ4n) is 1.42. The van der Waals surface area contributed by atoms with E-state index >= 15 is 0 Å².